The van der Waals surface area contributed by atoms with Crippen LogP contribution in [0, 0.1) is 0 Å². The zero-order valence-corrected chi connectivity index (χ0v) is 15.6. The van der Waals surface area contributed by atoms with Crippen LogP contribution in [0.1, 0.15) is 28.7 Å². The molecule has 0 aliphatic heterocycles. The maximum atomic E-state index is 8.74. The lowest BCUT2D eigenvalue weighted by molar-refractivity contribution is 0.381. The highest BCUT2D eigenvalue weighted by molar-refractivity contribution is 7.79. The van der Waals surface area contributed by atoms with Gasteiger partial charge in [0.2, 0.25) is 0 Å². The summed E-state index contributed by atoms with van der Waals surface area (Å²) in [6.07, 6.45) is 7.89. The highest BCUT2D eigenvalue weighted by Crippen LogP contribution is 2.33. The molecule has 0 fully saturated rings. The lowest BCUT2D eigenvalue weighted by Gasteiger charge is -2.13. The van der Waals surface area contributed by atoms with E-state index in [0.29, 0.717) is 0 Å². The number of hydrogen-bond donors (Lipinski definition) is 2. The maximum Gasteiger partial charge on any atom is 0.394 e. The predicted octanol–water partition coefficient (Wildman–Crippen LogP) is 3.90. The molecule has 6 heteroatoms. The van der Waals surface area contributed by atoms with Crippen LogP contribution < -0.4 is 0 Å². The third-order valence-corrected chi connectivity index (χ3v) is 3.87. The van der Waals surface area contributed by atoms with Crippen molar-refractivity contribution in [1.29, 1.82) is 0 Å². The van der Waals surface area contributed by atoms with Crippen molar-refractivity contribution in [2.24, 2.45) is 0 Å². The van der Waals surface area contributed by atoms with E-state index in [0.717, 1.165) is 13.0 Å². The summed E-state index contributed by atoms with van der Waals surface area (Å²) in [6, 6.07) is 17.3. The first-order chi connectivity index (χ1) is 12.3. The van der Waals surface area contributed by atoms with Crippen molar-refractivity contribution in [2.45, 2.75) is 6.42 Å². The molecule has 0 amide bonds. The standard InChI is InChI=1S/C20H21N.H2O4S/c1-21(2)15-7-12-20-18-10-5-3-8-16(18)13-14-17-9-4-6-11-19(17)20;1-5(2,3)4/h3-6,8-14H,7,15H2,1-2H3;(H2,1,2,3,4). The van der Waals surface area contributed by atoms with Crippen LogP contribution in [0.3, 0.4) is 0 Å². The molecule has 0 saturated heterocycles. The highest BCUT2D eigenvalue weighted by atomic mass is 32.3. The molecular formula is C20H23NO4S. The summed E-state index contributed by atoms with van der Waals surface area (Å²) in [6.45, 7) is 1.07. The smallest absolute Gasteiger partial charge is 0.309 e. The Hall–Kier alpha value is -2.25. The van der Waals surface area contributed by atoms with E-state index in [1.165, 1.54) is 27.8 Å². The third kappa shape index (κ3) is 6.24. The topological polar surface area (TPSA) is 77.8 Å². The largest absolute Gasteiger partial charge is 0.394 e. The molecule has 138 valence electrons. The number of fused-ring (bicyclic) bond motifs is 2. The van der Waals surface area contributed by atoms with Crippen molar-refractivity contribution >= 4 is 28.1 Å². The van der Waals surface area contributed by atoms with E-state index in [2.05, 4.69) is 85.8 Å². The second-order valence-electron chi connectivity index (χ2n) is 6.17. The molecule has 0 bridgehead atoms. The molecule has 0 aromatic heterocycles. The average Bonchev–Trinajstić information content (AvgIpc) is 2.71. The molecule has 1 aliphatic rings. The molecule has 2 aromatic carbocycles. The van der Waals surface area contributed by atoms with Crippen LogP contribution in [0.4, 0.5) is 0 Å². The van der Waals surface area contributed by atoms with E-state index in [-0.39, 0.29) is 0 Å². The van der Waals surface area contributed by atoms with Crippen molar-refractivity contribution in [3.8, 4) is 0 Å². The van der Waals surface area contributed by atoms with Gasteiger partial charge in [0, 0.05) is 6.54 Å². The third-order valence-electron chi connectivity index (χ3n) is 3.87. The molecule has 0 unspecified atom stereocenters. The van der Waals surface area contributed by atoms with E-state index in [1.54, 1.807) is 0 Å². The van der Waals surface area contributed by atoms with Crippen LogP contribution in [0.25, 0.3) is 17.7 Å². The Morgan fingerprint density at radius 1 is 0.885 bits per heavy atom. The van der Waals surface area contributed by atoms with Gasteiger partial charge >= 0.3 is 10.4 Å². The van der Waals surface area contributed by atoms with Crippen LogP contribution in [0.15, 0.2) is 54.6 Å². The van der Waals surface area contributed by atoms with E-state index >= 15 is 0 Å². The first-order valence-electron chi connectivity index (χ1n) is 8.17. The Kier molecular flexibility index (Phi) is 6.88. The fourth-order valence-electron chi connectivity index (χ4n) is 2.79. The molecule has 0 atom stereocenters. The van der Waals surface area contributed by atoms with E-state index in [1.807, 2.05) is 0 Å². The van der Waals surface area contributed by atoms with E-state index < -0.39 is 10.4 Å². The van der Waals surface area contributed by atoms with Gasteiger partial charge in [0.15, 0.2) is 0 Å². The minimum atomic E-state index is -4.67. The average molecular weight is 373 g/mol. The molecular weight excluding hydrogens is 350 g/mol. The van der Waals surface area contributed by atoms with Crippen molar-refractivity contribution < 1.29 is 17.5 Å². The molecule has 0 heterocycles. The first kappa shape index (κ1) is 20.1. The van der Waals surface area contributed by atoms with Gasteiger partial charge in [-0.05, 0) is 48.3 Å². The number of nitrogens with zero attached hydrogens (tertiary/aromatic N) is 1. The highest BCUT2D eigenvalue weighted by Gasteiger charge is 2.13. The number of benzene rings is 2. The van der Waals surface area contributed by atoms with Gasteiger partial charge in [-0.3, -0.25) is 9.11 Å². The normalized spacial score (nSPS) is 12.6. The Morgan fingerprint density at radius 2 is 1.31 bits per heavy atom. The molecule has 2 N–H and O–H groups in total. The van der Waals surface area contributed by atoms with Crippen molar-refractivity contribution in [2.75, 3.05) is 20.6 Å². The van der Waals surface area contributed by atoms with E-state index in [9.17, 15) is 0 Å². The molecule has 0 radical (unpaired) electrons. The summed E-state index contributed by atoms with van der Waals surface area (Å²) >= 11 is 0. The van der Waals surface area contributed by atoms with E-state index in [4.69, 9.17) is 17.5 Å². The Morgan fingerprint density at radius 3 is 1.73 bits per heavy atom. The lowest BCUT2D eigenvalue weighted by atomic mass is 9.93. The zero-order valence-electron chi connectivity index (χ0n) is 14.8. The van der Waals surface area contributed by atoms with Gasteiger partial charge in [0.05, 0.1) is 0 Å². The van der Waals surface area contributed by atoms with Gasteiger partial charge in [-0.2, -0.15) is 8.42 Å². The second kappa shape index (κ2) is 8.91. The summed E-state index contributed by atoms with van der Waals surface area (Å²) < 4.78 is 31.6. The van der Waals surface area contributed by atoms with Gasteiger partial charge in [-0.25, -0.2) is 0 Å². The molecule has 26 heavy (non-hydrogen) atoms. The fraction of sp³-hybridized carbons (Fsp3) is 0.200. The quantitative estimate of drug-likeness (QED) is 0.681. The number of rotatable bonds is 3. The Balaban J connectivity index is 0.000000431. The Bertz CT molecular complexity index is 855. The number of hydrogen-bond acceptors (Lipinski definition) is 3. The molecule has 0 spiro atoms. The van der Waals surface area contributed by atoms with Gasteiger partial charge < -0.3 is 4.90 Å². The molecule has 0 saturated carbocycles. The first-order valence-corrected chi connectivity index (χ1v) is 9.57. The monoisotopic (exact) mass is 373 g/mol. The predicted molar refractivity (Wildman–Crippen MR) is 106 cm³/mol. The molecule has 3 rings (SSSR count). The van der Waals surface area contributed by atoms with Gasteiger partial charge in [-0.1, -0.05) is 66.8 Å². The van der Waals surface area contributed by atoms with Gasteiger partial charge in [0.1, 0.15) is 0 Å². The maximum absolute atomic E-state index is 8.74. The van der Waals surface area contributed by atoms with Crippen LogP contribution >= 0.6 is 0 Å². The summed E-state index contributed by atoms with van der Waals surface area (Å²) in [5.41, 5.74) is 6.61. The minimum absolute atomic E-state index is 1.06. The SMILES string of the molecule is CN(C)CCC=C1c2ccccc2C=Cc2ccccc21.O=S(=O)(O)O. The van der Waals surface area contributed by atoms with Crippen molar-refractivity contribution in [3.63, 3.8) is 0 Å². The van der Waals surface area contributed by atoms with Crippen LogP contribution in [0.2, 0.25) is 0 Å². The summed E-state index contributed by atoms with van der Waals surface area (Å²) in [5, 5.41) is 0. The second-order valence-corrected chi connectivity index (χ2v) is 7.06. The Labute approximate surface area is 154 Å². The summed E-state index contributed by atoms with van der Waals surface area (Å²) in [7, 11) is -0.426. The van der Waals surface area contributed by atoms with Crippen LogP contribution in [-0.4, -0.2) is 43.1 Å². The van der Waals surface area contributed by atoms with Gasteiger partial charge in [-0.15, -0.1) is 0 Å². The van der Waals surface area contributed by atoms with Crippen LogP contribution in [-0.2, 0) is 10.4 Å². The summed E-state index contributed by atoms with van der Waals surface area (Å²) in [4.78, 5) is 2.23. The van der Waals surface area contributed by atoms with Crippen molar-refractivity contribution in [1.82, 2.24) is 4.90 Å². The summed E-state index contributed by atoms with van der Waals surface area (Å²) in [5.74, 6) is 0. The van der Waals surface area contributed by atoms with Crippen LogP contribution in [0.5, 0.6) is 0 Å². The fourth-order valence-corrected chi connectivity index (χ4v) is 2.79. The van der Waals surface area contributed by atoms with Crippen molar-refractivity contribution in [3.05, 3.63) is 76.9 Å². The minimum Gasteiger partial charge on any atom is -0.309 e. The van der Waals surface area contributed by atoms with Gasteiger partial charge in [0.25, 0.3) is 0 Å². The molecule has 1 aliphatic carbocycles. The lowest BCUT2D eigenvalue weighted by Crippen LogP contribution is -2.12. The molecule has 2 aromatic rings. The zero-order chi connectivity index (χ0) is 19.2. The molecule has 5 nitrogen and oxygen atoms in total.